The molecular formula is C5H8N2O2. The molecule has 50 valence electrons. The molecule has 4 heteroatoms. The highest BCUT2D eigenvalue weighted by atomic mass is 16.1. The second-order valence-electron chi connectivity index (χ2n) is 1.44. The molecule has 0 aliphatic rings. The summed E-state index contributed by atoms with van der Waals surface area (Å²) in [7, 11) is 0. The van der Waals surface area contributed by atoms with Gasteiger partial charge in [-0.25, -0.2) is 0 Å². The fraction of sp³-hybridized carbons (Fsp3) is 0.200. The van der Waals surface area contributed by atoms with Crippen molar-refractivity contribution in [3.8, 4) is 0 Å². The molecule has 0 aliphatic heterocycles. The first-order valence-corrected chi connectivity index (χ1v) is 2.36. The quantitative estimate of drug-likeness (QED) is 0.474. The van der Waals surface area contributed by atoms with E-state index in [0.29, 0.717) is 0 Å². The number of rotatable bonds is 2. The van der Waals surface area contributed by atoms with E-state index in [1.54, 1.807) is 0 Å². The van der Waals surface area contributed by atoms with Crippen molar-refractivity contribution in [1.82, 2.24) is 5.32 Å². The molecule has 3 N–H and O–H groups in total. The third kappa shape index (κ3) is 6.68. The number of hydrogen-bond donors (Lipinski definition) is 2. The molecule has 0 radical (unpaired) electrons. The zero-order valence-electron chi connectivity index (χ0n) is 5.05. The minimum atomic E-state index is -0.580. The van der Waals surface area contributed by atoms with Gasteiger partial charge >= 0.3 is 0 Å². The zero-order valence-corrected chi connectivity index (χ0v) is 5.05. The maximum atomic E-state index is 10.1. The van der Waals surface area contributed by atoms with Crippen LogP contribution < -0.4 is 11.1 Å². The summed E-state index contributed by atoms with van der Waals surface area (Å²) in [6, 6.07) is 0. The maximum absolute atomic E-state index is 10.1. The van der Waals surface area contributed by atoms with Gasteiger partial charge in [0.15, 0.2) is 0 Å². The van der Waals surface area contributed by atoms with Crippen molar-refractivity contribution >= 4 is 11.8 Å². The summed E-state index contributed by atoms with van der Waals surface area (Å²) in [5, 5.41) is 2.26. The number of hydrogen-bond acceptors (Lipinski definition) is 2. The Labute approximate surface area is 52.7 Å². The van der Waals surface area contributed by atoms with Crippen molar-refractivity contribution in [2.24, 2.45) is 5.73 Å². The topological polar surface area (TPSA) is 72.2 Å². The second kappa shape index (κ2) is 3.65. The number of carbonyl (C=O) groups excluding carboxylic acids is 2. The monoisotopic (exact) mass is 128 g/mol. The molecule has 0 fully saturated rings. The molecule has 0 aromatic heterocycles. The average molecular weight is 128 g/mol. The average Bonchev–Trinajstić information content (AvgIpc) is 1.63. The first-order chi connectivity index (χ1) is 4.13. The molecule has 0 aromatic carbocycles. The molecule has 0 bridgehead atoms. The molecule has 0 unspecified atom stereocenters. The SMILES string of the molecule is CC(=O)N/C=C/C(N)=O. The van der Waals surface area contributed by atoms with Crippen molar-refractivity contribution in [3.63, 3.8) is 0 Å². The van der Waals surface area contributed by atoms with Crippen LogP contribution in [0.5, 0.6) is 0 Å². The first-order valence-electron chi connectivity index (χ1n) is 2.36. The molecule has 0 saturated carbocycles. The van der Waals surface area contributed by atoms with E-state index in [9.17, 15) is 9.59 Å². The predicted molar refractivity (Wildman–Crippen MR) is 32.2 cm³/mol. The summed E-state index contributed by atoms with van der Waals surface area (Å²) in [6.45, 7) is 1.34. The molecule has 0 aliphatic carbocycles. The summed E-state index contributed by atoms with van der Waals surface area (Å²) in [5.74, 6) is -0.809. The van der Waals surface area contributed by atoms with Crippen molar-refractivity contribution in [1.29, 1.82) is 0 Å². The Balaban J connectivity index is 3.48. The van der Waals surface area contributed by atoms with Gasteiger partial charge in [-0.2, -0.15) is 0 Å². The number of primary amides is 1. The van der Waals surface area contributed by atoms with Crippen LogP contribution in [0.15, 0.2) is 12.3 Å². The predicted octanol–water partition coefficient (Wildman–Crippen LogP) is -0.878. The van der Waals surface area contributed by atoms with Crippen LogP contribution >= 0.6 is 0 Å². The Morgan fingerprint density at radius 1 is 1.56 bits per heavy atom. The molecular weight excluding hydrogens is 120 g/mol. The largest absolute Gasteiger partial charge is 0.366 e. The van der Waals surface area contributed by atoms with E-state index in [-0.39, 0.29) is 5.91 Å². The number of carbonyl (C=O) groups is 2. The lowest BCUT2D eigenvalue weighted by Gasteiger charge is -1.86. The molecule has 2 amide bonds. The van der Waals surface area contributed by atoms with Gasteiger partial charge in [-0.1, -0.05) is 0 Å². The molecule has 4 nitrogen and oxygen atoms in total. The van der Waals surface area contributed by atoms with E-state index in [2.05, 4.69) is 5.32 Å². The van der Waals surface area contributed by atoms with Gasteiger partial charge < -0.3 is 11.1 Å². The lowest BCUT2D eigenvalue weighted by atomic mass is 10.6. The summed E-state index contributed by atoms with van der Waals surface area (Å²) >= 11 is 0. The van der Waals surface area contributed by atoms with Crippen LogP contribution in [0.3, 0.4) is 0 Å². The fourth-order valence-electron chi connectivity index (χ4n) is 0.241. The van der Waals surface area contributed by atoms with Gasteiger partial charge in [0.2, 0.25) is 11.8 Å². The highest BCUT2D eigenvalue weighted by Crippen LogP contribution is 1.64. The van der Waals surface area contributed by atoms with Gasteiger partial charge in [-0.15, -0.1) is 0 Å². The van der Waals surface area contributed by atoms with Gasteiger partial charge in [0, 0.05) is 19.2 Å². The Kier molecular flexibility index (Phi) is 3.12. The van der Waals surface area contributed by atoms with E-state index in [1.807, 2.05) is 0 Å². The molecule has 9 heavy (non-hydrogen) atoms. The lowest BCUT2D eigenvalue weighted by Crippen LogP contribution is -2.14. The Hall–Kier alpha value is -1.32. The van der Waals surface area contributed by atoms with Crippen molar-refractivity contribution in [2.75, 3.05) is 0 Å². The molecule has 0 atom stereocenters. The van der Waals surface area contributed by atoms with Crippen LogP contribution in [0.4, 0.5) is 0 Å². The summed E-state index contributed by atoms with van der Waals surface area (Å²) in [6.07, 6.45) is 2.27. The van der Waals surface area contributed by atoms with Crippen molar-refractivity contribution in [2.45, 2.75) is 6.92 Å². The van der Waals surface area contributed by atoms with Crippen LogP contribution in [-0.2, 0) is 9.59 Å². The Morgan fingerprint density at radius 3 is 2.44 bits per heavy atom. The van der Waals surface area contributed by atoms with Crippen LogP contribution in [0.2, 0.25) is 0 Å². The smallest absolute Gasteiger partial charge is 0.242 e. The summed E-state index contributed by atoms with van der Waals surface area (Å²) in [4.78, 5) is 20.1. The van der Waals surface area contributed by atoms with E-state index >= 15 is 0 Å². The van der Waals surface area contributed by atoms with Crippen LogP contribution in [0, 0.1) is 0 Å². The molecule has 0 saturated heterocycles. The van der Waals surface area contributed by atoms with Gasteiger partial charge in [-0.3, -0.25) is 9.59 Å². The third-order valence-corrected chi connectivity index (χ3v) is 0.534. The number of nitrogens with two attached hydrogens (primary N) is 1. The summed E-state index contributed by atoms with van der Waals surface area (Å²) in [5.41, 5.74) is 4.70. The van der Waals surface area contributed by atoms with Crippen LogP contribution in [0.25, 0.3) is 0 Å². The van der Waals surface area contributed by atoms with E-state index in [0.717, 1.165) is 6.08 Å². The van der Waals surface area contributed by atoms with E-state index < -0.39 is 5.91 Å². The zero-order chi connectivity index (χ0) is 7.28. The van der Waals surface area contributed by atoms with Gasteiger partial charge in [0.25, 0.3) is 0 Å². The van der Waals surface area contributed by atoms with Gasteiger partial charge in [-0.05, 0) is 0 Å². The highest BCUT2D eigenvalue weighted by molar-refractivity contribution is 5.86. The standard InChI is InChI=1S/C5H8N2O2/c1-4(8)7-3-2-5(6)9/h2-3H,1H3,(H2,6,9)(H,7,8)/b3-2+. The van der Waals surface area contributed by atoms with Crippen LogP contribution in [-0.4, -0.2) is 11.8 Å². The molecule has 0 aromatic rings. The molecule has 0 heterocycles. The van der Waals surface area contributed by atoms with Crippen molar-refractivity contribution in [3.05, 3.63) is 12.3 Å². The second-order valence-corrected chi connectivity index (χ2v) is 1.44. The third-order valence-electron chi connectivity index (χ3n) is 0.534. The van der Waals surface area contributed by atoms with Crippen molar-refractivity contribution < 1.29 is 9.59 Å². The minimum Gasteiger partial charge on any atom is -0.366 e. The number of amides is 2. The fourth-order valence-corrected chi connectivity index (χ4v) is 0.241. The maximum Gasteiger partial charge on any atom is 0.242 e. The van der Waals surface area contributed by atoms with Gasteiger partial charge in [0.05, 0.1) is 0 Å². The van der Waals surface area contributed by atoms with Gasteiger partial charge in [0.1, 0.15) is 0 Å². The van der Waals surface area contributed by atoms with E-state index in [4.69, 9.17) is 5.73 Å². The van der Waals surface area contributed by atoms with Crippen LogP contribution in [0.1, 0.15) is 6.92 Å². The van der Waals surface area contributed by atoms with E-state index in [1.165, 1.54) is 13.1 Å². The molecule has 0 spiro atoms. The highest BCUT2D eigenvalue weighted by Gasteiger charge is 1.83. The minimum absolute atomic E-state index is 0.229. The first kappa shape index (κ1) is 7.68. The Bertz CT molecular complexity index is 151. The Morgan fingerprint density at radius 2 is 2.11 bits per heavy atom. The normalized spacial score (nSPS) is 9.44. The molecule has 0 rings (SSSR count). The summed E-state index contributed by atoms with van der Waals surface area (Å²) < 4.78 is 0. The lowest BCUT2D eigenvalue weighted by molar-refractivity contribution is -0.118. The number of nitrogens with one attached hydrogen (secondary N) is 1.